The number of nitrogens with one attached hydrogen (secondary N) is 1. The fourth-order valence-electron chi connectivity index (χ4n) is 4.71. The highest BCUT2D eigenvalue weighted by Crippen LogP contribution is 2.43. The third-order valence-corrected chi connectivity index (χ3v) is 7.83. The van der Waals surface area contributed by atoms with Crippen molar-refractivity contribution >= 4 is 15.9 Å². The molecule has 0 saturated heterocycles. The van der Waals surface area contributed by atoms with Crippen molar-refractivity contribution in [2.24, 2.45) is 5.73 Å². The number of fused-ring (bicyclic) bond motifs is 1. The van der Waals surface area contributed by atoms with Crippen LogP contribution in [0.1, 0.15) is 59.0 Å². The molecule has 0 radical (unpaired) electrons. The van der Waals surface area contributed by atoms with Crippen LogP contribution in [0, 0.1) is 5.82 Å². The first-order valence-corrected chi connectivity index (χ1v) is 12.8. The van der Waals surface area contributed by atoms with E-state index in [2.05, 4.69) is 4.72 Å². The van der Waals surface area contributed by atoms with Crippen molar-refractivity contribution in [2.45, 2.75) is 48.7 Å². The summed E-state index contributed by atoms with van der Waals surface area (Å²) in [6.45, 7) is 0. The molecule has 0 fully saturated rings. The topological polar surface area (TPSA) is 89.3 Å². The van der Waals surface area contributed by atoms with E-state index in [-0.39, 0.29) is 11.1 Å². The molecule has 1 aliphatic carbocycles. The molecule has 2 atom stereocenters. The molecule has 1 aliphatic rings. The molecule has 3 aromatic rings. The van der Waals surface area contributed by atoms with Crippen LogP contribution in [0.25, 0.3) is 0 Å². The molecule has 0 aromatic heterocycles. The van der Waals surface area contributed by atoms with Crippen molar-refractivity contribution in [3.05, 3.63) is 100 Å². The van der Waals surface area contributed by atoms with Crippen LogP contribution in [0.5, 0.6) is 0 Å². The van der Waals surface area contributed by atoms with Crippen molar-refractivity contribution in [2.75, 3.05) is 0 Å². The molecule has 0 spiro atoms. The Morgan fingerprint density at radius 1 is 1.03 bits per heavy atom. The number of aryl methyl sites for hydroxylation is 1. The van der Waals surface area contributed by atoms with Crippen molar-refractivity contribution in [3.8, 4) is 0 Å². The molecule has 0 aliphatic heterocycles. The fraction of sp³-hybridized carbons (Fsp3) is 0.269. The molecule has 10 heteroatoms. The first-order chi connectivity index (χ1) is 17.0. The van der Waals surface area contributed by atoms with E-state index >= 15 is 0 Å². The van der Waals surface area contributed by atoms with Crippen molar-refractivity contribution in [3.63, 3.8) is 0 Å². The number of hydrogen-bond donors (Lipinski definition) is 2. The molecule has 5 nitrogen and oxygen atoms in total. The van der Waals surface area contributed by atoms with Crippen LogP contribution in [-0.4, -0.2) is 14.3 Å². The van der Waals surface area contributed by atoms with Gasteiger partial charge < -0.3 is 5.73 Å². The lowest BCUT2D eigenvalue weighted by Gasteiger charge is -2.28. The number of benzene rings is 3. The number of carbonyl (C=O) groups excluding carboxylic acids is 1. The standard InChI is InChI=1S/C26H24F4N2O3S/c27-18-10-8-17(9-11-18)24(15-25(31)33)32-36(34,35)19-12-13-22(23(14-19)26(28,29)30)21-7-3-5-16-4-1-2-6-20(16)21/h1-2,4,6,8-14,21,24,32H,3,5,7,15H2,(H2,31,33). The second-order valence-corrected chi connectivity index (χ2v) is 10.5. The normalized spacial score (nSPS) is 16.8. The number of primary amides is 1. The Hall–Kier alpha value is -3.24. The van der Waals surface area contributed by atoms with Crippen LogP contribution in [-0.2, 0) is 27.4 Å². The summed E-state index contributed by atoms with van der Waals surface area (Å²) in [6.07, 6.45) is -3.26. The van der Waals surface area contributed by atoms with Gasteiger partial charge in [-0.2, -0.15) is 13.2 Å². The van der Waals surface area contributed by atoms with Gasteiger partial charge in [-0.3, -0.25) is 4.79 Å². The highest BCUT2D eigenvalue weighted by molar-refractivity contribution is 7.89. The molecular formula is C26H24F4N2O3S. The minimum absolute atomic E-state index is 0.0146. The summed E-state index contributed by atoms with van der Waals surface area (Å²) in [6, 6.07) is 13.8. The van der Waals surface area contributed by atoms with E-state index in [1.807, 2.05) is 18.2 Å². The van der Waals surface area contributed by atoms with Gasteiger partial charge in [0.2, 0.25) is 15.9 Å². The number of amides is 1. The number of nitrogens with two attached hydrogens (primary N) is 1. The molecule has 0 bridgehead atoms. The molecule has 2 unspecified atom stereocenters. The lowest BCUT2D eigenvalue weighted by molar-refractivity contribution is -0.138. The Balaban J connectivity index is 1.73. The summed E-state index contributed by atoms with van der Waals surface area (Å²) in [5.41, 5.74) is 6.26. The Morgan fingerprint density at radius 3 is 2.39 bits per heavy atom. The lowest BCUT2D eigenvalue weighted by Crippen LogP contribution is -2.32. The highest BCUT2D eigenvalue weighted by atomic mass is 32.2. The quantitative estimate of drug-likeness (QED) is 0.420. The molecule has 0 heterocycles. The predicted octanol–water partition coefficient (Wildman–Crippen LogP) is 5.21. The molecule has 1 amide bonds. The monoisotopic (exact) mass is 520 g/mol. The van der Waals surface area contributed by atoms with Crippen LogP contribution in [0.15, 0.2) is 71.6 Å². The summed E-state index contributed by atoms with van der Waals surface area (Å²) >= 11 is 0. The molecule has 3 N–H and O–H groups in total. The van der Waals surface area contributed by atoms with E-state index in [1.165, 1.54) is 18.2 Å². The van der Waals surface area contributed by atoms with Crippen molar-refractivity contribution in [1.29, 1.82) is 0 Å². The van der Waals surface area contributed by atoms with Crippen LogP contribution < -0.4 is 10.5 Å². The maximum Gasteiger partial charge on any atom is 0.416 e. The summed E-state index contributed by atoms with van der Waals surface area (Å²) in [4.78, 5) is 10.9. The van der Waals surface area contributed by atoms with Gasteiger partial charge in [0.1, 0.15) is 5.82 Å². The van der Waals surface area contributed by atoms with Gasteiger partial charge in [-0.05, 0) is 65.8 Å². The Morgan fingerprint density at radius 2 is 1.72 bits per heavy atom. The van der Waals surface area contributed by atoms with E-state index in [0.29, 0.717) is 18.9 Å². The van der Waals surface area contributed by atoms with Crippen LogP contribution >= 0.6 is 0 Å². The van der Waals surface area contributed by atoms with Crippen molar-refractivity contribution in [1.82, 2.24) is 4.72 Å². The van der Waals surface area contributed by atoms with Gasteiger partial charge in [0.15, 0.2) is 0 Å². The lowest BCUT2D eigenvalue weighted by atomic mass is 9.77. The highest BCUT2D eigenvalue weighted by Gasteiger charge is 2.38. The fourth-order valence-corrected chi connectivity index (χ4v) is 5.96. The van der Waals surface area contributed by atoms with E-state index in [4.69, 9.17) is 5.73 Å². The predicted molar refractivity (Wildman–Crippen MR) is 126 cm³/mol. The van der Waals surface area contributed by atoms with Gasteiger partial charge in [-0.25, -0.2) is 17.5 Å². The zero-order chi connectivity index (χ0) is 26.1. The van der Waals surface area contributed by atoms with Crippen LogP contribution in [0.3, 0.4) is 0 Å². The first-order valence-electron chi connectivity index (χ1n) is 11.3. The Bertz CT molecular complexity index is 1370. The average molecular weight is 521 g/mol. The summed E-state index contributed by atoms with van der Waals surface area (Å²) in [7, 11) is -4.51. The van der Waals surface area contributed by atoms with Crippen molar-refractivity contribution < 1.29 is 30.8 Å². The molecular weight excluding hydrogens is 496 g/mol. The Kier molecular flexibility index (Phi) is 7.19. The maximum absolute atomic E-state index is 14.2. The second kappa shape index (κ2) is 10.0. The summed E-state index contributed by atoms with van der Waals surface area (Å²) < 4.78 is 84.3. The SMILES string of the molecule is NC(=O)CC(NS(=O)(=O)c1ccc(C2CCCc3ccccc32)c(C(F)(F)F)c1)c1ccc(F)cc1. The van der Waals surface area contributed by atoms with Gasteiger partial charge in [-0.1, -0.05) is 42.5 Å². The van der Waals surface area contributed by atoms with Gasteiger partial charge in [-0.15, -0.1) is 0 Å². The number of rotatable bonds is 7. The zero-order valence-corrected chi connectivity index (χ0v) is 19.9. The molecule has 0 saturated carbocycles. The van der Waals surface area contributed by atoms with E-state index in [1.54, 1.807) is 6.07 Å². The minimum atomic E-state index is -4.79. The third kappa shape index (κ3) is 5.60. The number of halogens is 4. The largest absolute Gasteiger partial charge is 0.416 e. The number of alkyl halides is 3. The molecule has 190 valence electrons. The zero-order valence-electron chi connectivity index (χ0n) is 19.1. The summed E-state index contributed by atoms with van der Waals surface area (Å²) in [5.74, 6) is -1.93. The number of hydrogen-bond acceptors (Lipinski definition) is 3. The smallest absolute Gasteiger partial charge is 0.370 e. The first kappa shape index (κ1) is 25.8. The average Bonchev–Trinajstić information content (AvgIpc) is 2.82. The van der Waals surface area contributed by atoms with E-state index < -0.39 is 56.8 Å². The Labute approximate surface area is 206 Å². The van der Waals surface area contributed by atoms with Crippen LogP contribution in [0.4, 0.5) is 17.6 Å². The van der Waals surface area contributed by atoms with Gasteiger partial charge in [0.05, 0.1) is 16.5 Å². The molecule has 36 heavy (non-hydrogen) atoms. The number of carbonyl (C=O) groups is 1. The van der Waals surface area contributed by atoms with Crippen LogP contribution in [0.2, 0.25) is 0 Å². The second-order valence-electron chi connectivity index (χ2n) is 8.79. The third-order valence-electron chi connectivity index (χ3n) is 6.36. The molecule has 4 rings (SSSR count). The summed E-state index contributed by atoms with van der Waals surface area (Å²) in [5, 5.41) is 0. The van der Waals surface area contributed by atoms with E-state index in [9.17, 15) is 30.8 Å². The molecule has 3 aromatic carbocycles. The van der Waals surface area contributed by atoms with Gasteiger partial charge in [0, 0.05) is 12.3 Å². The number of sulfonamides is 1. The maximum atomic E-state index is 14.2. The van der Waals surface area contributed by atoms with Gasteiger partial charge >= 0.3 is 6.18 Å². The van der Waals surface area contributed by atoms with E-state index in [0.717, 1.165) is 35.7 Å². The minimum Gasteiger partial charge on any atom is -0.370 e. The van der Waals surface area contributed by atoms with Gasteiger partial charge in [0.25, 0.3) is 0 Å².